The standard InChI is InChI=1S/C18H23N5O3/c1-14-9-19-17(20-10-14)22-7-8-25-13-18(12-22)5-4-15(26-18)11-23-16(24)3-2-6-21-23/h2-3,6,9-10,15H,4-5,7-8,11-13H2,1H3/t15-,18+/m1/s1. The van der Waals surface area contributed by atoms with Crippen LogP contribution < -0.4 is 10.5 Å². The second-order valence-electron chi connectivity index (χ2n) is 7.04. The van der Waals surface area contributed by atoms with Gasteiger partial charge in [0.1, 0.15) is 5.60 Å². The fourth-order valence-electron chi connectivity index (χ4n) is 3.59. The van der Waals surface area contributed by atoms with E-state index < -0.39 is 5.60 Å². The molecule has 0 aliphatic carbocycles. The van der Waals surface area contributed by atoms with E-state index in [2.05, 4.69) is 20.0 Å². The van der Waals surface area contributed by atoms with Crippen LogP contribution in [0.25, 0.3) is 0 Å². The molecular weight excluding hydrogens is 334 g/mol. The number of nitrogens with zero attached hydrogens (tertiary/aromatic N) is 5. The lowest BCUT2D eigenvalue weighted by Crippen LogP contribution is -2.45. The molecule has 1 spiro atoms. The third-order valence-corrected chi connectivity index (χ3v) is 4.90. The van der Waals surface area contributed by atoms with Crippen LogP contribution in [0.15, 0.2) is 35.5 Å². The van der Waals surface area contributed by atoms with E-state index in [1.807, 2.05) is 19.3 Å². The van der Waals surface area contributed by atoms with Gasteiger partial charge in [0, 0.05) is 31.2 Å². The van der Waals surface area contributed by atoms with Gasteiger partial charge in [-0.3, -0.25) is 4.79 Å². The lowest BCUT2D eigenvalue weighted by atomic mass is 10.0. The molecule has 8 heteroatoms. The van der Waals surface area contributed by atoms with Crippen LogP contribution in [0.4, 0.5) is 5.95 Å². The third-order valence-electron chi connectivity index (χ3n) is 4.90. The predicted molar refractivity (Wildman–Crippen MR) is 95.1 cm³/mol. The number of aryl methyl sites for hydroxylation is 1. The summed E-state index contributed by atoms with van der Waals surface area (Å²) in [6, 6.07) is 3.16. The van der Waals surface area contributed by atoms with Crippen molar-refractivity contribution in [2.45, 2.75) is 38.0 Å². The Morgan fingerprint density at radius 1 is 1.35 bits per heavy atom. The van der Waals surface area contributed by atoms with Crippen LogP contribution in [-0.2, 0) is 16.0 Å². The molecule has 26 heavy (non-hydrogen) atoms. The highest BCUT2D eigenvalue weighted by Crippen LogP contribution is 2.34. The van der Waals surface area contributed by atoms with E-state index in [0.29, 0.717) is 32.3 Å². The first-order chi connectivity index (χ1) is 12.6. The smallest absolute Gasteiger partial charge is 0.266 e. The number of hydrogen-bond donors (Lipinski definition) is 0. The van der Waals surface area contributed by atoms with Gasteiger partial charge in [0.05, 0.1) is 32.4 Å². The van der Waals surface area contributed by atoms with Crippen molar-refractivity contribution < 1.29 is 9.47 Å². The third kappa shape index (κ3) is 3.61. The van der Waals surface area contributed by atoms with Gasteiger partial charge in [-0.05, 0) is 31.4 Å². The molecule has 0 saturated carbocycles. The van der Waals surface area contributed by atoms with Gasteiger partial charge in [-0.25, -0.2) is 14.6 Å². The zero-order valence-electron chi connectivity index (χ0n) is 14.9. The highest BCUT2D eigenvalue weighted by molar-refractivity contribution is 5.31. The molecule has 0 unspecified atom stereocenters. The Labute approximate surface area is 151 Å². The average Bonchev–Trinajstić information content (AvgIpc) is 2.90. The fourth-order valence-corrected chi connectivity index (χ4v) is 3.59. The second kappa shape index (κ2) is 7.13. The predicted octanol–water partition coefficient (Wildman–Crippen LogP) is 0.796. The summed E-state index contributed by atoms with van der Waals surface area (Å²) < 4.78 is 13.7. The Morgan fingerprint density at radius 2 is 2.19 bits per heavy atom. The van der Waals surface area contributed by atoms with Gasteiger partial charge in [0.25, 0.3) is 5.56 Å². The summed E-state index contributed by atoms with van der Waals surface area (Å²) in [5.41, 5.74) is 0.532. The van der Waals surface area contributed by atoms with Crippen LogP contribution in [0.2, 0.25) is 0 Å². The number of aromatic nitrogens is 4. The van der Waals surface area contributed by atoms with Crippen molar-refractivity contribution in [3.05, 3.63) is 46.6 Å². The summed E-state index contributed by atoms with van der Waals surface area (Å²) in [5.74, 6) is 0.702. The normalized spacial score (nSPS) is 26.2. The Balaban J connectivity index is 1.48. The molecule has 2 aliphatic heterocycles. The average molecular weight is 357 g/mol. The highest BCUT2D eigenvalue weighted by atomic mass is 16.6. The molecule has 2 saturated heterocycles. The Hall–Kier alpha value is -2.32. The van der Waals surface area contributed by atoms with Gasteiger partial charge in [0.15, 0.2) is 0 Å². The zero-order chi connectivity index (χ0) is 18.0. The molecule has 4 heterocycles. The molecule has 0 amide bonds. The molecule has 0 radical (unpaired) electrons. The summed E-state index contributed by atoms with van der Waals surface area (Å²) in [6.45, 7) is 5.02. The largest absolute Gasteiger partial charge is 0.377 e. The molecule has 0 aromatic carbocycles. The van der Waals surface area contributed by atoms with Gasteiger partial charge in [-0.2, -0.15) is 5.10 Å². The van der Waals surface area contributed by atoms with Crippen molar-refractivity contribution in [2.75, 3.05) is 31.2 Å². The van der Waals surface area contributed by atoms with Gasteiger partial charge in [-0.15, -0.1) is 0 Å². The monoisotopic (exact) mass is 357 g/mol. The fraction of sp³-hybridized carbons (Fsp3) is 0.556. The zero-order valence-corrected chi connectivity index (χ0v) is 14.9. The first-order valence-electron chi connectivity index (χ1n) is 8.95. The van der Waals surface area contributed by atoms with Gasteiger partial charge in [-0.1, -0.05) is 0 Å². The van der Waals surface area contributed by atoms with Crippen LogP contribution in [0.1, 0.15) is 18.4 Å². The maximum Gasteiger partial charge on any atom is 0.266 e. The highest BCUT2D eigenvalue weighted by Gasteiger charge is 2.43. The van der Waals surface area contributed by atoms with Gasteiger partial charge >= 0.3 is 0 Å². The summed E-state index contributed by atoms with van der Waals surface area (Å²) in [6.07, 6.45) is 6.97. The Kier molecular flexibility index (Phi) is 4.69. The summed E-state index contributed by atoms with van der Waals surface area (Å²) in [4.78, 5) is 22.9. The van der Waals surface area contributed by atoms with E-state index in [9.17, 15) is 4.79 Å². The van der Waals surface area contributed by atoms with E-state index >= 15 is 0 Å². The Morgan fingerprint density at radius 3 is 3.00 bits per heavy atom. The minimum atomic E-state index is -0.395. The number of ether oxygens (including phenoxy) is 2. The second-order valence-corrected chi connectivity index (χ2v) is 7.04. The topological polar surface area (TPSA) is 82.4 Å². The number of rotatable bonds is 3. The van der Waals surface area contributed by atoms with E-state index in [-0.39, 0.29) is 11.7 Å². The molecule has 2 aliphatic rings. The van der Waals surface area contributed by atoms with Crippen molar-refractivity contribution in [1.29, 1.82) is 0 Å². The molecule has 2 fully saturated rings. The van der Waals surface area contributed by atoms with Crippen molar-refractivity contribution >= 4 is 5.95 Å². The minimum absolute atomic E-state index is 0.0508. The first kappa shape index (κ1) is 17.1. The molecule has 8 nitrogen and oxygen atoms in total. The van der Waals surface area contributed by atoms with E-state index in [1.165, 1.54) is 10.7 Å². The van der Waals surface area contributed by atoms with Crippen molar-refractivity contribution in [2.24, 2.45) is 0 Å². The number of hydrogen-bond acceptors (Lipinski definition) is 7. The summed E-state index contributed by atoms with van der Waals surface area (Å²) in [7, 11) is 0. The SMILES string of the molecule is Cc1cnc(N2CCOC[C@]3(CC[C@H](Cn4ncccc4=O)O3)C2)nc1. The maximum absolute atomic E-state index is 11.9. The molecule has 2 aromatic heterocycles. The van der Waals surface area contributed by atoms with Crippen LogP contribution in [-0.4, -0.2) is 57.8 Å². The molecule has 2 aromatic rings. The van der Waals surface area contributed by atoms with Crippen LogP contribution in [0.3, 0.4) is 0 Å². The maximum atomic E-state index is 11.9. The first-order valence-corrected chi connectivity index (χ1v) is 8.95. The van der Waals surface area contributed by atoms with Crippen molar-refractivity contribution in [3.63, 3.8) is 0 Å². The van der Waals surface area contributed by atoms with Crippen molar-refractivity contribution in [3.8, 4) is 0 Å². The van der Waals surface area contributed by atoms with E-state index in [4.69, 9.17) is 9.47 Å². The molecular formula is C18H23N5O3. The molecule has 0 bridgehead atoms. The number of anilines is 1. The molecule has 138 valence electrons. The van der Waals surface area contributed by atoms with Crippen LogP contribution in [0, 0.1) is 6.92 Å². The lowest BCUT2D eigenvalue weighted by molar-refractivity contribution is -0.0810. The quantitative estimate of drug-likeness (QED) is 0.803. The van der Waals surface area contributed by atoms with E-state index in [0.717, 1.165) is 24.9 Å². The summed E-state index contributed by atoms with van der Waals surface area (Å²) >= 11 is 0. The summed E-state index contributed by atoms with van der Waals surface area (Å²) in [5, 5.41) is 4.13. The van der Waals surface area contributed by atoms with Gasteiger partial charge in [0.2, 0.25) is 5.95 Å². The van der Waals surface area contributed by atoms with Crippen molar-refractivity contribution in [1.82, 2.24) is 19.7 Å². The minimum Gasteiger partial charge on any atom is -0.377 e. The molecule has 4 rings (SSSR count). The van der Waals surface area contributed by atoms with Crippen LogP contribution in [0.5, 0.6) is 0 Å². The Bertz CT molecular complexity index is 809. The van der Waals surface area contributed by atoms with Gasteiger partial charge < -0.3 is 14.4 Å². The van der Waals surface area contributed by atoms with E-state index in [1.54, 1.807) is 12.3 Å². The van der Waals surface area contributed by atoms with Crippen LogP contribution >= 0.6 is 0 Å². The molecule has 0 N–H and O–H groups in total. The lowest BCUT2D eigenvalue weighted by Gasteiger charge is -2.32. The molecule has 2 atom stereocenters.